The summed E-state index contributed by atoms with van der Waals surface area (Å²) >= 11 is 0. The second-order valence-corrected chi connectivity index (χ2v) is 7.82. The first kappa shape index (κ1) is 22.9. The summed E-state index contributed by atoms with van der Waals surface area (Å²) in [6, 6.07) is 13.8. The number of hydrogen-bond acceptors (Lipinski definition) is 5. The van der Waals surface area contributed by atoms with Gasteiger partial charge >= 0.3 is 16.3 Å². The highest BCUT2D eigenvalue weighted by Crippen LogP contribution is 2.30. The summed E-state index contributed by atoms with van der Waals surface area (Å²) < 4.78 is 81.6. The molecule has 0 radical (unpaired) electrons. The van der Waals surface area contributed by atoms with Crippen molar-refractivity contribution in [2.45, 2.75) is 11.1 Å². The van der Waals surface area contributed by atoms with Gasteiger partial charge < -0.3 is 4.18 Å². The minimum atomic E-state index is -4.61. The molecule has 0 spiro atoms. The van der Waals surface area contributed by atoms with Crippen molar-refractivity contribution >= 4 is 22.2 Å². The van der Waals surface area contributed by atoms with E-state index in [9.17, 15) is 30.8 Å². The van der Waals surface area contributed by atoms with Gasteiger partial charge in [0.25, 0.3) is 5.91 Å². The van der Waals surface area contributed by atoms with Crippen LogP contribution in [0.3, 0.4) is 0 Å². The number of carbonyl (C=O) groups excluding carboxylic acids is 1. The second-order valence-electron chi connectivity index (χ2n) is 6.28. The summed E-state index contributed by atoms with van der Waals surface area (Å²) in [6.45, 7) is 0. The number of carbonyl (C=O) groups is 1. The summed E-state index contributed by atoms with van der Waals surface area (Å²) in [4.78, 5) is 11.5. The van der Waals surface area contributed by atoms with E-state index in [2.05, 4.69) is 10.5 Å². The van der Waals surface area contributed by atoms with Crippen molar-refractivity contribution in [2.75, 3.05) is 0 Å². The van der Waals surface area contributed by atoms with Gasteiger partial charge in [-0.1, -0.05) is 24.3 Å². The minimum Gasteiger partial charge on any atom is -0.378 e. The van der Waals surface area contributed by atoms with Gasteiger partial charge in [0, 0.05) is 5.56 Å². The van der Waals surface area contributed by atoms with Crippen molar-refractivity contribution in [3.63, 3.8) is 0 Å². The molecule has 0 bridgehead atoms. The van der Waals surface area contributed by atoms with Gasteiger partial charge in [-0.05, 0) is 48.5 Å². The molecule has 0 heterocycles. The van der Waals surface area contributed by atoms with Crippen molar-refractivity contribution in [3.8, 4) is 5.75 Å². The molecule has 0 unspecified atom stereocenters. The van der Waals surface area contributed by atoms with E-state index in [1.807, 2.05) is 0 Å². The van der Waals surface area contributed by atoms with E-state index in [-0.39, 0.29) is 16.9 Å². The quantitative estimate of drug-likeness (QED) is 0.253. The van der Waals surface area contributed by atoms with E-state index in [0.717, 1.165) is 24.4 Å². The maximum absolute atomic E-state index is 13.6. The van der Waals surface area contributed by atoms with Crippen molar-refractivity contribution in [1.82, 2.24) is 5.43 Å². The van der Waals surface area contributed by atoms with Crippen LogP contribution in [0.2, 0.25) is 0 Å². The Morgan fingerprint density at radius 1 is 0.938 bits per heavy atom. The smallest absolute Gasteiger partial charge is 0.378 e. The van der Waals surface area contributed by atoms with Gasteiger partial charge in [-0.3, -0.25) is 4.79 Å². The largest absolute Gasteiger partial charge is 0.416 e. The van der Waals surface area contributed by atoms with E-state index in [1.165, 1.54) is 42.5 Å². The molecule has 0 atom stereocenters. The fraction of sp³-hybridized carbons (Fsp3) is 0.0476. The highest BCUT2D eigenvalue weighted by molar-refractivity contribution is 7.87. The molecule has 0 aromatic heterocycles. The Morgan fingerprint density at radius 2 is 1.56 bits per heavy atom. The zero-order valence-corrected chi connectivity index (χ0v) is 16.8. The van der Waals surface area contributed by atoms with Gasteiger partial charge in [-0.15, -0.1) is 0 Å². The molecule has 11 heteroatoms. The lowest BCUT2D eigenvalue weighted by atomic mass is 10.2. The average molecular weight is 466 g/mol. The van der Waals surface area contributed by atoms with Gasteiger partial charge in [-0.25, -0.2) is 9.82 Å². The van der Waals surface area contributed by atoms with Crippen LogP contribution in [-0.4, -0.2) is 20.5 Å². The SMILES string of the molecule is O=C(NN=Cc1ccccc1OS(=O)(=O)c1ccc(C(F)(F)F)cc1)c1ccccc1F. The Morgan fingerprint density at radius 3 is 2.22 bits per heavy atom. The van der Waals surface area contributed by atoms with Crippen molar-refractivity contribution < 1.29 is 35.0 Å². The monoisotopic (exact) mass is 466 g/mol. The molecule has 0 fully saturated rings. The summed E-state index contributed by atoms with van der Waals surface area (Å²) in [5.74, 6) is -1.75. The van der Waals surface area contributed by atoms with Crippen LogP contribution in [-0.2, 0) is 16.3 Å². The highest BCUT2D eigenvalue weighted by Gasteiger charge is 2.31. The van der Waals surface area contributed by atoms with Crippen LogP contribution >= 0.6 is 0 Å². The van der Waals surface area contributed by atoms with Crippen LogP contribution in [0.5, 0.6) is 5.75 Å². The molecule has 6 nitrogen and oxygen atoms in total. The predicted octanol–water partition coefficient (Wildman–Crippen LogP) is 4.38. The van der Waals surface area contributed by atoms with E-state index < -0.39 is 38.5 Å². The number of rotatable bonds is 6. The summed E-state index contributed by atoms with van der Waals surface area (Å²) in [5.41, 5.74) is 1.00. The van der Waals surface area contributed by atoms with Crippen molar-refractivity contribution in [1.29, 1.82) is 0 Å². The van der Waals surface area contributed by atoms with Crippen LogP contribution < -0.4 is 9.61 Å². The van der Waals surface area contributed by atoms with Crippen LogP contribution in [0.1, 0.15) is 21.5 Å². The van der Waals surface area contributed by atoms with E-state index >= 15 is 0 Å². The average Bonchev–Trinajstić information content (AvgIpc) is 2.74. The number of para-hydroxylation sites is 1. The van der Waals surface area contributed by atoms with Gasteiger partial charge in [0.05, 0.1) is 17.3 Å². The Kier molecular flexibility index (Phi) is 6.58. The van der Waals surface area contributed by atoms with E-state index in [0.29, 0.717) is 12.1 Å². The number of benzene rings is 3. The minimum absolute atomic E-state index is 0.136. The fourth-order valence-electron chi connectivity index (χ4n) is 2.51. The highest BCUT2D eigenvalue weighted by atomic mass is 32.2. The maximum Gasteiger partial charge on any atom is 0.416 e. The zero-order valence-electron chi connectivity index (χ0n) is 16.0. The molecular formula is C21H14F4N2O4S. The molecule has 166 valence electrons. The molecule has 1 amide bonds. The normalized spacial score (nSPS) is 12.0. The topological polar surface area (TPSA) is 84.8 Å². The van der Waals surface area contributed by atoms with Gasteiger partial charge in [0.15, 0.2) is 5.75 Å². The van der Waals surface area contributed by atoms with Crippen LogP contribution in [0.25, 0.3) is 0 Å². The molecule has 3 rings (SSSR count). The van der Waals surface area contributed by atoms with Gasteiger partial charge in [0.1, 0.15) is 10.7 Å². The lowest BCUT2D eigenvalue weighted by Gasteiger charge is -2.11. The maximum atomic E-state index is 13.6. The Bertz CT molecular complexity index is 1260. The molecule has 0 aliphatic heterocycles. The molecule has 0 aliphatic rings. The molecule has 3 aromatic rings. The third-order valence-corrected chi connectivity index (χ3v) is 5.33. The zero-order chi connectivity index (χ0) is 23.4. The first-order chi connectivity index (χ1) is 15.1. The molecular weight excluding hydrogens is 452 g/mol. The lowest BCUT2D eigenvalue weighted by molar-refractivity contribution is -0.137. The Balaban J connectivity index is 1.77. The lowest BCUT2D eigenvalue weighted by Crippen LogP contribution is -2.19. The van der Waals surface area contributed by atoms with Crippen molar-refractivity contribution in [3.05, 3.63) is 95.3 Å². The number of halogens is 4. The molecule has 32 heavy (non-hydrogen) atoms. The van der Waals surface area contributed by atoms with Crippen LogP contribution in [0.4, 0.5) is 17.6 Å². The third kappa shape index (κ3) is 5.49. The Labute approximate surface area is 180 Å². The molecule has 1 N–H and O–H groups in total. The first-order valence-electron chi connectivity index (χ1n) is 8.86. The number of nitrogens with zero attached hydrogens (tertiary/aromatic N) is 1. The molecule has 0 saturated heterocycles. The molecule has 0 saturated carbocycles. The van der Waals surface area contributed by atoms with Gasteiger partial charge in [0.2, 0.25) is 0 Å². The van der Waals surface area contributed by atoms with Crippen LogP contribution in [0.15, 0.2) is 82.8 Å². The number of amides is 1. The standard InChI is InChI=1S/C21H14F4N2O4S/c22-18-7-3-2-6-17(18)20(28)27-26-13-14-5-1-4-8-19(14)31-32(29,30)16-11-9-15(10-12-16)21(23,24)25/h1-13H,(H,27,28). The van der Waals surface area contributed by atoms with Crippen molar-refractivity contribution in [2.24, 2.45) is 5.10 Å². The predicted molar refractivity (Wildman–Crippen MR) is 107 cm³/mol. The fourth-order valence-corrected chi connectivity index (χ4v) is 3.46. The van der Waals surface area contributed by atoms with Crippen LogP contribution in [0, 0.1) is 5.82 Å². The van der Waals surface area contributed by atoms with E-state index in [1.54, 1.807) is 0 Å². The number of hydrogen-bond donors (Lipinski definition) is 1. The number of alkyl halides is 3. The summed E-state index contributed by atoms with van der Waals surface area (Å²) in [7, 11) is -4.45. The number of nitrogens with one attached hydrogen (secondary N) is 1. The molecule has 3 aromatic carbocycles. The molecule has 0 aliphatic carbocycles. The third-order valence-electron chi connectivity index (χ3n) is 4.08. The Hall–Kier alpha value is -3.73. The summed E-state index contributed by atoms with van der Waals surface area (Å²) in [5, 5.41) is 3.67. The number of hydrazone groups is 1. The second kappa shape index (κ2) is 9.18. The summed E-state index contributed by atoms with van der Waals surface area (Å²) in [6.07, 6.45) is -3.53. The van der Waals surface area contributed by atoms with Gasteiger partial charge in [-0.2, -0.15) is 26.7 Å². The first-order valence-corrected chi connectivity index (χ1v) is 10.3. The van der Waals surface area contributed by atoms with E-state index in [4.69, 9.17) is 4.18 Å².